The van der Waals surface area contributed by atoms with Gasteiger partial charge in [-0.05, 0) is 55.0 Å². The molecule has 0 N–H and O–H groups in total. The normalized spacial score (nSPS) is 14.2. The van der Waals surface area contributed by atoms with Crippen molar-refractivity contribution in [1.82, 2.24) is 0 Å². The SMILES string of the molecule is C#CCOc1ccc(/C=C2/N=C(c3ccc(OC)cc3)OC2=O)cc1OCC. The molecule has 1 heterocycles. The zero-order valence-electron chi connectivity index (χ0n) is 15.6. The predicted octanol–water partition coefficient (Wildman–Crippen LogP) is 3.45. The molecule has 0 aliphatic carbocycles. The highest BCUT2D eigenvalue weighted by molar-refractivity contribution is 6.12. The maximum absolute atomic E-state index is 12.2. The van der Waals surface area contributed by atoms with Crippen molar-refractivity contribution in [1.29, 1.82) is 0 Å². The summed E-state index contributed by atoms with van der Waals surface area (Å²) in [5, 5.41) is 0. The van der Waals surface area contributed by atoms with Crippen LogP contribution < -0.4 is 14.2 Å². The third-order valence-corrected chi connectivity index (χ3v) is 3.84. The number of carbonyl (C=O) groups excluding carboxylic acids is 1. The van der Waals surface area contributed by atoms with Crippen LogP contribution in [0, 0.1) is 12.3 Å². The molecule has 0 spiro atoms. The summed E-state index contributed by atoms with van der Waals surface area (Å²) in [5.74, 6) is 3.93. The summed E-state index contributed by atoms with van der Waals surface area (Å²) >= 11 is 0. The Bertz CT molecular complexity index is 967. The van der Waals surface area contributed by atoms with Crippen LogP contribution in [-0.2, 0) is 9.53 Å². The first kappa shape index (κ1) is 19.1. The van der Waals surface area contributed by atoms with Crippen LogP contribution in [0.5, 0.6) is 17.2 Å². The van der Waals surface area contributed by atoms with Crippen molar-refractivity contribution in [2.75, 3.05) is 20.3 Å². The van der Waals surface area contributed by atoms with E-state index in [-0.39, 0.29) is 18.2 Å². The molecule has 2 aromatic rings. The number of cyclic esters (lactones) is 1. The van der Waals surface area contributed by atoms with Gasteiger partial charge >= 0.3 is 5.97 Å². The second-order valence-electron chi connectivity index (χ2n) is 5.70. The van der Waals surface area contributed by atoms with E-state index in [2.05, 4.69) is 10.9 Å². The van der Waals surface area contributed by atoms with Crippen LogP contribution in [0.4, 0.5) is 0 Å². The van der Waals surface area contributed by atoms with Crippen LogP contribution in [0.1, 0.15) is 18.1 Å². The van der Waals surface area contributed by atoms with Crippen molar-refractivity contribution < 1.29 is 23.7 Å². The van der Waals surface area contributed by atoms with Crippen molar-refractivity contribution in [3.05, 3.63) is 59.3 Å². The van der Waals surface area contributed by atoms with Crippen LogP contribution >= 0.6 is 0 Å². The second kappa shape index (κ2) is 8.78. The van der Waals surface area contributed by atoms with Gasteiger partial charge in [0.25, 0.3) is 0 Å². The lowest BCUT2D eigenvalue weighted by Crippen LogP contribution is -2.05. The average molecular weight is 377 g/mol. The molecule has 1 aliphatic rings. The lowest BCUT2D eigenvalue weighted by Gasteiger charge is -2.10. The van der Waals surface area contributed by atoms with Crippen LogP contribution in [0.15, 0.2) is 53.2 Å². The predicted molar refractivity (Wildman–Crippen MR) is 106 cm³/mol. The number of hydrogen-bond acceptors (Lipinski definition) is 6. The van der Waals surface area contributed by atoms with Gasteiger partial charge in [-0.3, -0.25) is 0 Å². The highest BCUT2D eigenvalue weighted by atomic mass is 16.6. The molecule has 0 fully saturated rings. The third kappa shape index (κ3) is 4.33. The summed E-state index contributed by atoms with van der Waals surface area (Å²) in [5.41, 5.74) is 1.61. The second-order valence-corrected chi connectivity index (χ2v) is 5.70. The number of methoxy groups -OCH3 is 1. The van der Waals surface area contributed by atoms with Crippen molar-refractivity contribution >= 4 is 17.9 Å². The number of aliphatic imine (C=N–C) groups is 1. The van der Waals surface area contributed by atoms with Gasteiger partial charge in [-0.1, -0.05) is 12.0 Å². The monoisotopic (exact) mass is 377 g/mol. The Kier molecular flexibility index (Phi) is 5.97. The van der Waals surface area contributed by atoms with Crippen LogP contribution in [0.2, 0.25) is 0 Å². The summed E-state index contributed by atoms with van der Waals surface area (Å²) < 4.78 is 21.5. The number of esters is 1. The molecule has 28 heavy (non-hydrogen) atoms. The highest BCUT2D eigenvalue weighted by Gasteiger charge is 2.24. The molecule has 1 aliphatic heterocycles. The third-order valence-electron chi connectivity index (χ3n) is 3.84. The minimum absolute atomic E-state index is 0.141. The minimum atomic E-state index is -0.517. The molecule has 0 saturated carbocycles. The Morgan fingerprint density at radius 3 is 2.61 bits per heavy atom. The van der Waals surface area contributed by atoms with E-state index in [1.54, 1.807) is 55.7 Å². The standard InChI is InChI=1S/C22H19NO5/c1-4-12-27-19-11-6-15(14-20(19)26-5-2)13-18-22(24)28-21(23-18)16-7-9-17(25-3)10-8-16/h1,6-11,13-14H,5,12H2,2-3H3/b18-13+. The van der Waals surface area contributed by atoms with Gasteiger partial charge in [0.15, 0.2) is 17.2 Å². The molecule has 6 nitrogen and oxygen atoms in total. The molecular weight excluding hydrogens is 358 g/mol. The van der Waals surface area contributed by atoms with Gasteiger partial charge in [-0.25, -0.2) is 9.79 Å². The fraction of sp³-hybridized carbons (Fsp3) is 0.182. The molecule has 0 aromatic heterocycles. The Morgan fingerprint density at radius 1 is 1.14 bits per heavy atom. The van der Waals surface area contributed by atoms with Gasteiger partial charge < -0.3 is 18.9 Å². The van der Waals surface area contributed by atoms with Crippen LogP contribution in [0.3, 0.4) is 0 Å². The van der Waals surface area contributed by atoms with E-state index in [1.807, 2.05) is 6.92 Å². The molecule has 0 atom stereocenters. The molecule has 6 heteroatoms. The summed E-state index contributed by atoms with van der Waals surface area (Å²) in [6.45, 7) is 2.48. The molecule has 0 unspecified atom stereocenters. The van der Waals surface area contributed by atoms with E-state index >= 15 is 0 Å². The molecular formula is C22H19NO5. The Balaban J connectivity index is 1.87. The molecule has 0 amide bonds. The lowest BCUT2D eigenvalue weighted by molar-refractivity contribution is -0.129. The smallest absolute Gasteiger partial charge is 0.363 e. The quantitative estimate of drug-likeness (QED) is 0.420. The van der Waals surface area contributed by atoms with Crippen molar-refractivity contribution in [2.45, 2.75) is 6.92 Å². The molecule has 0 bridgehead atoms. The molecule has 3 rings (SSSR count). The minimum Gasteiger partial charge on any atom is -0.497 e. The number of rotatable bonds is 7. The zero-order valence-corrected chi connectivity index (χ0v) is 15.6. The number of hydrogen-bond donors (Lipinski definition) is 0. The Morgan fingerprint density at radius 2 is 1.93 bits per heavy atom. The fourth-order valence-electron chi connectivity index (χ4n) is 2.55. The van der Waals surface area contributed by atoms with E-state index in [0.29, 0.717) is 29.4 Å². The first-order valence-corrected chi connectivity index (χ1v) is 8.64. The van der Waals surface area contributed by atoms with Gasteiger partial charge in [0.05, 0.1) is 13.7 Å². The van der Waals surface area contributed by atoms with Gasteiger partial charge in [0.1, 0.15) is 12.4 Å². The summed E-state index contributed by atoms with van der Waals surface area (Å²) in [6.07, 6.45) is 6.86. The van der Waals surface area contributed by atoms with Crippen LogP contribution in [0.25, 0.3) is 6.08 Å². The van der Waals surface area contributed by atoms with E-state index in [9.17, 15) is 4.79 Å². The maximum atomic E-state index is 12.2. The van der Waals surface area contributed by atoms with Gasteiger partial charge in [-0.15, -0.1) is 6.42 Å². The first-order valence-electron chi connectivity index (χ1n) is 8.64. The van der Waals surface area contributed by atoms with Crippen LogP contribution in [-0.4, -0.2) is 32.2 Å². The highest BCUT2D eigenvalue weighted by Crippen LogP contribution is 2.30. The molecule has 2 aromatic carbocycles. The zero-order chi connectivity index (χ0) is 19.9. The summed E-state index contributed by atoms with van der Waals surface area (Å²) in [4.78, 5) is 16.5. The number of carbonyl (C=O) groups is 1. The van der Waals surface area contributed by atoms with E-state index < -0.39 is 5.97 Å². The molecule has 0 radical (unpaired) electrons. The average Bonchev–Trinajstić information content (AvgIpc) is 3.08. The molecule has 142 valence electrons. The number of terminal acetylenes is 1. The van der Waals surface area contributed by atoms with Gasteiger partial charge in [0.2, 0.25) is 5.90 Å². The van der Waals surface area contributed by atoms with Gasteiger partial charge in [-0.2, -0.15) is 0 Å². The lowest BCUT2D eigenvalue weighted by atomic mass is 10.1. The van der Waals surface area contributed by atoms with E-state index in [4.69, 9.17) is 25.4 Å². The van der Waals surface area contributed by atoms with Crippen molar-refractivity contribution in [2.24, 2.45) is 4.99 Å². The first-order chi connectivity index (χ1) is 13.6. The number of nitrogens with zero attached hydrogens (tertiary/aromatic N) is 1. The summed E-state index contributed by atoms with van der Waals surface area (Å²) in [7, 11) is 1.59. The van der Waals surface area contributed by atoms with E-state index in [0.717, 1.165) is 5.56 Å². The van der Waals surface area contributed by atoms with Gasteiger partial charge in [0, 0.05) is 5.56 Å². The van der Waals surface area contributed by atoms with E-state index in [1.165, 1.54) is 0 Å². The van der Waals surface area contributed by atoms with Crippen molar-refractivity contribution in [3.8, 4) is 29.6 Å². The van der Waals surface area contributed by atoms with Crippen molar-refractivity contribution in [3.63, 3.8) is 0 Å². The Labute approximate surface area is 163 Å². The fourth-order valence-corrected chi connectivity index (χ4v) is 2.55. The summed E-state index contributed by atoms with van der Waals surface area (Å²) in [6, 6.07) is 12.4. The maximum Gasteiger partial charge on any atom is 0.363 e. The molecule has 0 saturated heterocycles. The largest absolute Gasteiger partial charge is 0.497 e. The number of benzene rings is 2. The Hall–Kier alpha value is -3.72. The number of ether oxygens (including phenoxy) is 4. The topological polar surface area (TPSA) is 66.3 Å².